The van der Waals surface area contributed by atoms with E-state index in [4.69, 9.17) is 0 Å². The molecule has 0 aliphatic carbocycles. The lowest BCUT2D eigenvalue weighted by molar-refractivity contribution is -0.137. The number of carbonyl (C=O) groups excluding carboxylic acids is 2. The number of nitrogens with one attached hydrogen (secondary N) is 1. The molecule has 0 aliphatic heterocycles. The first-order chi connectivity index (χ1) is 12.7. The number of amides is 2. The number of alkyl halides is 3. The van der Waals surface area contributed by atoms with Crippen LogP contribution in [0.1, 0.15) is 23.6 Å². The summed E-state index contributed by atoms with van der Waals surface area (Å²) < 4.78 is 37.9. The first kappa shape index (κ1) is 20.5. The van der Waals surface area contributed by atoms with Crippen LogP contribution in [0.4, 0.5) is 18.9 Å². The van der Waals surface area contributed by atoms with E-state index in [1.807, 2.05) is 31.2 Å². The van der Waals surface area contributed by atoms with Crippen LogP contribution in [0.25, 0.3) is 0 Å². The van der Waals surface area contributed by atoms with Crippen molar-refractivity contribution in [2.75, 3.05) is 18.0 Å². The molecule has 2 aromatic carbocycles. The molecule has 0 saturated heterocycles. The van der Waals surface area contributed by atoms with E-state index >= 15 is 0 Å². The summed E-state index contributed by atoms with van der Waals surface area (Å²) in [6.07, 6.45) is -4.20. The number of benzene rings is 2. The van der Waals surface area contributed by atoms with Gasteiger partial charge in [0.2, 0.25) is 11.8 Å². The maximum Gasteiger partial charge on any atom is 0.416 e. The first-order valence-electron chi connectivity index (χ1n) is 8.44. The van der Waals surface area contributed by atoms with E-state index in [-0.39, 0.29) is 31.3 Å². The Kier molecular flexibility index (Phi) is 6.60. The molecule has 0 fully saturated rings. The second kappa shape index (κ2) is 8.70. The molecule has 4 nitrogen and oxygen atoms in total. The van der Waals surface area contributed by atoms with Gasteiger partial charge in [-0.05, 0) is 36.8 Å². The van der Waals surface area contributed by atoms with Gasteiger partial charge in [-0.25, -0.2) is 0 Å². The third kappa shape index (κ3) is 6.13. The van der Waals surface area contributed by atoms with Crippen LogP contribution in [0.5, 0.6) is 0 Å². The van der Waals surface area contributed by atoms with Crippen molar-refractivity contribution in [2.24, 2.45) is 0 Å². The predicted octanol–water partition coefficient (Wildman–Crippen LogP) is 3.73. The Labute approximate surface area is 156 Å². The lowest BCUT2D eigenvalue weighted by Crippen LogP contribution is -2.38. The fourth-order valence-electron chi connectivity index (χ4n) is 2.56. The quantitative estimate of drug-likeness (QED) is 0.833. The van der Waals surface area contributed by atoms with Crippen molar-refractivity contribution < 1.29 is 22.8 Å². The molecule has 27 heavy (non-hydrogen) atoms. The van der Waals surface area contributed by atoms with E-state index in [1.54, 1.807) is 0 Å². The maximum absolute atomic E-state index is 12.6. The number of rotatable bonds is 6. The Bertz CT molecular complexity index is 784. The molecule has 1 N–H and O–H groups in total. The molecule has 0 aromatic heterocycles. The van der Waals surface area contributed by atoms with Crippen LogP contribution >= 0.6 is 0 Å². The minimum atomic E-state index is -4.43. The summed E-state index contributed by atoms with van der Waals surface area (Å²) >= 11 is 0. The lowest BCUT2D eigenvalue weighted by Gasteiger charge is -2.22. The molecule has 2 aromatic rings. The molecular formula is C20H21F3N2O2. The van der Waals surface area contributed by atoms with Gasteiger partial charge >= 0.3 is 6.18 Å². The second-order valence-corrected chi connectivity index (χ2v) is 6.23. The van der Waals surface area contributed by atoms with E-state index < -0.39 is 11.7 Å². The predicted molar refractivity (Wildman–Crippen MR) is 97.4 cm³/mol. The molecule has 0 radical (unpaired) electrons. The van der Waals surface area contributed by atoms with Crippen LogP contribution in [0.3, 0.4) is 0 Å². The fraction of sp³-hybridized carbons (Fsp3) is 0.300. The van der Waals surface area contributed by atoms with Crippen molar-refractivity contribution in [3.05, 3.63) is 65.2 Å². The smallest absolute Gasteiger partial charge is 0.354 e. The van der Waals surface area contributed by atoms with Crippen molar-refractivity contribution in [1.29, 1.82) is 0 Å². The van der Waals surface area contributed by atoms with Crippen LogP contribution in [0.2, 0.25) is 0 Å². The molecule has 7 heteroatoms. The van der Waals surface area contributed by atoms with Gasteiger partial charge in [-0.3, -0.25) is 9.59 Å². The summed E-state index contributed by atoms with van der Waals surface area (Å²) in [6, 6.07) is 12.0. The third-order valence-corrected chi connectivity index (χ3v) is 4.03. The van der Waals surface area contributed by atoms with E-state index in [0.717, 1.165) is 23.3 Å². The van der Waals surface area contributed by atoms with Gasteiger partial charge in [0.1, 0.15) is 0 Å². The van der Waals surface area contributed by atoms with E-state index in [1.165, 1.54) is 24.0 Å². The Morgan fingerprint density at radius 2 is 1.59 bits per heavy atom. The van der Waals surface area contributed by atoms with Gasteiger partial charge < -0.3 is 10.2 Å². The molecule has 0 atom stereocenters. The number of hydrogen-bond acceptors (Lipinski definition) is 2. The summed E-state index contributed by atoms with van der Waals surface area (Å²) in [5, 5.41) is 2.72. The zero-order valence-electron chi connectivity index (χ0n) is 15.1. The van der Waals surface area contributed by atoms with Crippen LogP contribution in [-0.2, 0) is 22.2 Å². The molecule has 0 spiro atoms. The summed E-state index contributed by atoms with van der Waals surface area (Å²) in [5.41, 5.74) is 1.56. The third-order valence-electron chi connectivity index (χ3n) is 4.03. The van der Waals surface area contributed by atoms with Crippen molar-refractivity contribution in [1.82, 2.24) is 5.32 Å². The molecule has 0 bridgehead atoms. The highest BCUT2D eigenvalue weighted by molar-refractivity contribution is 5.91. The van der Waals surface area contributed by atoms with Gasteiger partial charge in [-0.15, -0.1) is 0 Å². The average molecular weight is 378 g/mol. The Morgan fingerprint density at radius 3 is 2.11 bits per heavy atom. The van der Waals surface area contributed by atoms with Crippen LogP contribution in [0, 0.1) is 6.92 Å². The fourth-order valence-corrected chi connectivity index (χ4v) is 2.56. The normalized spacial score (nSPS) is 11.1. The van der Waals surface area contributed by atoms with Gasteiger partial charge in [-0.1, -0.05) is 29.8 Å². The van der Waals surface area contributed by atoms with E-state index in [9.17, 15) is 22.8 Å². The summed E-state index contributed by atoms with van der Waals surface area (Å²) in [6.45, 7) is 3.65. The second-order valence-electron chi connectivity index (χ2n) is 6.23. The molecule has 0 saturated carbocycles. The number of halogens is 3. The monoisotopic (exact) mass is 378 g/mol. The molecule has 2 amide bonds. The van der Waals surface area contributed by atoms with Gasteiger partial charge in [-0.2, -0.15) is 13.2 Å². The summed E-state index contributed by atoms with van der Waals surface area (Å²) in [5.74, 6) is -0.502. The average Bonchev–Trinajstić information content (AvgIpc) is 2.60. The van der Waals surface area contributed by atoms with Gasteiger partial charge in [0.05, 0.1) is 12.0 Å². The zero-order valence-corrected chi connectivity index (χ0v) is 15.1. The van der Waals surface area contributed by atoms with Gasteiger partial charge in [0.15, 0.2) is 0 Å². The molecule has 2 rings (SSSR count). The lowest BCUT2D eigenvalue weighted by atomic mass is 10.1. The summed E-state index contributed by atoms with van der Waals surface area (Å²) in [4.78, 5) is 25.1. The topological polar surface area (TPSA) is 49.4 Å². The summed E-state index contributed by atoms with van der Waals surface area (Å²) in [7, 11) is 0. The Balaban J connectivity index is 1.91. The number of carbonyl (C=O) groups is 2. The zero-order chi connectivity index (χ0) is 20.0. The highest BCUT2D eigenvalue weighted by Gasteiger charge is 2.30. The molecule has 0 aliphatic rings. The minimum absolute atomic E-state index is 0.167. The number of aryl methyl sites for hydroxylation is 1. The first-order valence-corrected chi connectivity index (χ1v) is 8.44. The molecule has 0 heterocycles. The van der Waals surface area contributed by atoms with Gasteiger partial charge in [0, 0.05) is 25.7 Å². The van der Waals surface area contributed by atoms with Crippen molar-refractivity contribution in [3.63, 3.8) is 0 Å². The Morgan fingerprint density at radius 1 is 1.00 bits per heavy atom. The van der Waals surface area contributed by atoms with Crippen LogP contribution < -0.4 is 10.2 Å². The molecule has 144 valence electrons. The number of nitrogens with zero attached hydrogens (tertiary/aromatic N) is 1. The highest BCUT2D eigenvalue weighted by Crippen LogP contribution is 2.30. The van der Waals surface area contributed by atoms with Crippen molar-refractivity contribution in [3.8, 4) is 0 Å². The standard InChI is InChI=1S/C20H21F3N2O2/c1-14-3-5-16(6-4-14)13-19(27)24-11-12-25(15(2)26)18-9-7-17(8-10-18)20(21,22)23/h3-10H,11-13H2,1-2H3,(H,24,27). The van der Waals surface area contributed by atoms with Crippen molar-refractivity contribution >= 4 is 17.5 Å². The van der Waals surface area contributed by atoms with Gasteiger partial charge in [0.25, 0.3) is 0 Å². The largest absolute Gasteiger partial charge is 0.416 e. The van der Waals surface area contributed by atoms with E-state index in [0.29, 0.717) is 5.69 Å². The highest BCUT2D eigenvalue weighted by atomic mass is 19.4. The van der Waals surface area contributed by atoms with Crippen molar-refractivity contribution in [2.45, 2.75) is 26.4 Å². The van der Waals surface area contributed by atoms with Crippen LogP contribution in [-0.4, -0.2) is 24.9 Å². The Hall–Kier alpha value is -2.83. The minimum Gasteiger partial charge on any atom is -0.354 e. The van der Waals surface area contributed by atoms with E-state index in [2.05, 4.69) is 5.32 Å². The number of hydrogen-bond donors (Lipinski definition) is 1. The number of anilines is 1. The maximum atomic E-state index is 12.6. The van der Waals surface area contributed by atoms with Crippen LogP contribution in [0.15, 0.2) is 48.5 Å². The SMILES string of the molecule is CC(=O)N(CCNC(=O)Cc1ccc(C)cc1)c1ccc(C(F)(F)F)cc1. The molecular weight excluding hydrogens is 357 g/mol. The molecule has 0 unspecified atom stereocenters.